The van der Waals surface area contributed by atoms with Gasteiger partial charge in [-0.05, 0) is 80.8 Å². The topological polar surface area (TPSA) is 71.9 Å². The number of ether oxygens (including phenoxy) is 2. The molecule has 1 fully saturated rings. The van der Waals surface area contributed by atoms with Crippen LogP contribution in [0, 0.1) is 11.2 Å². The molecule has 0 aliphatic carbocycles. The maximum atomic E-state index is 13.2. The number of aromatic nitrogens is 1. The van der Waals surface area contributed by atoms with Crippen molar-refractivity contribution in [3.63, 3.8) is 0 Å². The summed E-state index contributed by atoms with van der Waals surface area (Å²) in [6.45, 7) is 13.8. The third-order valence-electron chi connectivity index (χ3n) is 7.90. The van der Waals surface area contributed by atoms with E-state index in [9.17, 15) is 14.3 Å². The van der Waals surface area contributed by atoms with Crippen LogP contribution in [0.3, 0.4) is 0 Å². The normalized spacial score (nSPS) is 16.6. The van der Waals surface area contributed by atoms with E-state index in [1.54, 1.807) is 18.3 Å². The van der Waals surface area contributed by atoms with Crippen LogP contribution >= 0.6 is 11.6 Å². The van der Waals surface area contributed by atoms with Gasteiger partial charge >= 0.3 is 5.97 Å². The van der Waals surface area contributed by atoms with Gasteiger partial charge in [-0.2, -0.15) is 0 Å². The Balaban J connectivity index is 1.74. The smallest absolute Gasteiger partial charge is 0.340 e. The molecule has 3 aromatic rings. The molecule has 1 saturated heterocycles. The lowest BCUT2D eigenvalue weighted by atomic mass is 9.81. The molecule has 6 nitrogen and oxygen atoms in total. The summed E-state index contributed by atoms with van der Waals surface area (Å²) in [6, 6.07) is 14.1. The van der Waals surface area contributed by atoms with Crippen molar-refractivity contribution in [3.05, 3.63) is 76.8 Å². The average molecular weight is 597 g/mol. The number of anilines is 1. The van der Waals surface area contributed by atoms with E-state index in [-0.39, 0.29) is 22.8 Å². The first-order valence-electron chi connectivity index (χ1n) is 14.6. The number of pyridine rings is 1. The Bertz CT molecular complexity index is 1380. The van der Waals surface area contributed by atoms with E-state index in [1.165, 1.54) is 12.1 Å². The molecule has 0 amide bonds. The summed E-state index contributed by atoms with van der Waals surface area (Å²) in [5, 5.41) is 10.8. The van der Waals surface area contributed by atoms with E-state index in [1.807, 2.05) is 52.0 Å². The number of hydrogen-bond donors (Lipinski definition) is 1. The monoisotopic (exact) mass is 596 g/mol. The first kappa shape index (κ1) is 31.8. The van der Waals surface area contributed by atoms with Crippen LogP contribution in [0.25, 0.3) is 11.1 Å². The third kappa shape index (κ3) is 7.24. The van der Waals surface area contributed by atoms with Crippen molar-refractivity contribution < 1.29 is 23.8 Å². The van der Waals surface area contributed by atoms with Gasteiger partial charge in [-0.3, -0.25) is 0 Å². The van der Waals surface area contributed by atoms with E-state index in [2.05, 4.69) is 23.7 Å². The highest BCUT2D eigenvalue weighted by molar-refractivity contribution is 6.31. The number of rotatable bonds is 10. The Morgan fingerprint density at radius 1 is 1.07 bits per heavy atom. The zero-order valence-electron chi connectivity index (χ0n) is 25.5. The summed E-state index contributed by atoms with van der Waals surface area (Å²) in [5.41, 5.74) is 1.57. The fourth-order valence-corrected chi connectivity index (χ4v) is 5.80. The van der Waals surface area contributed by atoms with E-state index in [0.29, 0.717) is 24.3 Å². The zero-order chi connectivity index (χ0) is 30.7. The van der Waals surface area contributed by atoms with Crippen molar-refractivity contribution in [2.75, 3.05) is 24.6 Å². The van der Waals surface area contributed by atoms with Gasteiger partial charge in [0, 0.05) is 31.3 Å². The summed E-state index contributed by atoms with van der Waals surface area (Å²) in [7, 11) is 0. The Labute approximate surface area is 253 Å². The fraction of sp³-hybridized carbons (Fsp3) is 0.471. The number of carboxylic acid groups (broad SMARTS) is 1. The number of carbonyl (C=O) groups is 1. The largest absolute Gasteiger partial charge is 0.493 e. The number of nitrogens with zero attached hydrogens (tertiary/aromatic N) is 2. The van der Waals surface area contributed by atoms with Crippen LogP contribution < -0.4 is 9.64 Å². The summed E-state index contributed by atoms with van der Waals surface area (Å²) < 4.78 is 25.5. The number of halogens is 2. The predicted molar refractivity (Wildman–Crippen MR) is 166 cm³/mol. The number of hydrogen-bond acceptors (Lipinski definition) is 5. The van der Waals surface area contributed by atoms with Crippen molar-refractivity contribution in [3.8, 4) is 16.9 Å². The van der Waals surface area contributed by atoms with E-state index in [4.69, 9.17) is 21.1 Å². The third-order valence-corrected chi connectivity index (χ3v) is 8.19. The lowest BCUT2D eigenvalue weighted by Gasteiger charge is -2.43. The summed E-state index contributed by atoms with van der Waals surface area (Å²) in [5.74, 6) is -0.648. The molecule has 1 N–H and O–H groups in total. The maximum Gasteiger partial charge on any atom is 0.340 e. The SMILES string of the molecule is CCC(OC(C)(C)C)(C(=O)O)c1c(Cl)ncc(-c2ccc(OCCc3ccc(F)cc3)cc2)c1N1CCC(C)(C)CC1. The minimum atomic E-state index is -1.69. The minimum absolute atomic E-state index is 0.132. The first-order chi connectivity index (χ1) is 19.7. The van der Waals surface area contributed by atoms with Crippen molar-refractivity contribution in [2.24, 2.45) is 5.41 Å². The van der Waals surface area contributed by atoms with Crippen LogP contribution in [0.5, 0.6) is 5.75 Å². The highest BCUT2D eigenvalue weighted by Gasteiger charge is 2.48. The Kier molecular flexibility index (Phi) is 9.53. The molecule has 2 aromatic carbocycles. The van der Waals surface area contributed by atoms with E-state index >= 15 is 0 Å². The molecule has 1 atom stereocenters. The molecule has 0 spiro atoms. The molecule has 1 aromatic heterocycles. The molecule has 1 aliphatic heterocycles. The highest BCUT2D eigenvalue weighted by Crippen LogP contribution is 2.48. The van der Waals surface area contributed by atoms with Crippen molar-refractivity contribution in [1.82, 2.24) is 4.98 Å². The average Bonchev–Trinajstić information content (AvgIpc) is 2.93. The molecule has 226 valence electrons. The van der Waals surface area contributed by atoms with Gasteiger partial charge in [0.15, 0.2) is 5.60 Å². The van der Waals surface area contributed by atoms with E-state index < -0.39 is 17.2 Å². The van der Waals surface area contributed by atoms with Gasteiger partial charge in [0.1, 0.15) is 16.7 Å². The molecule has 4 rings (SSSR count). The maximum absolute atomic E-state index is 13.2. The van der Waals surface area contributed by atoms with Crippen LogP contribution in [-0.2, 0) is 21.6 Å². The van der Waals surface area contributed by atoms with Crippen LogP contribution in [0.2, 0.25) is 5.15 Å². The molecule has 0 bridgehead atoms. The van der Waals surface area contributed by atoms with E-state index in [0.717, 1.165) is 48.3 Å². The molecule has 42 heavy (non-hydrogen) atoms. The second-order valence-corrected chi connectivity index (χ2v) is 13.1. The first-order valence-corrected chi connectivity index (χ1v) is 15.0. The molecule has 2 heterocycles. The van der Waals surface area contributed by atoms with Gasteiger partial charge in [0.05, 0.1) is 23.5 Å². The summed E-state index contributed by atoms with van der Waals surface area (Å²) >= 11 is 6.82. The Morgan fingerprint density at radius 2 is 1.69 bits per heavy atom. The number of benzene rings is 2. The lowest BCUT2D eigenvalue weighted by Crippen LogP contribution is -2.46. The summed E-state index contributed by atoms with van der Waals surface area (Å²) in [4.78, 5) is 19.8. The number of carboxylic acids is 1. The van der Waals surface area contributed by atoms with Crippen molar-refractivity contribution in [2.45, 2.75) is 78.4 Å². The number of piperidine rings is 1. The molecular formula is C34H42ClFN2O4. The van der Waals surface area contributed by atoms with Gasteiger partial charge < -0.3 is 19.5 Å². The molecule has 8 heteroatoms. The van der Waals surface area contributed by atoms with Gasteiger partial charge in [-0.25, -0.2) is 14.2 Å². The standard InChI is InChI=1S/C34H42ClFN2O4/c1-7-34(31(39)40,42-32(2,3)4)28-29(38-19-17-33(5,6)18-20-38)27(22-37-30(28)35)24-10-14-26(15-11-24)41-21-16-23-8-12-25(36)13-9-23/h8-15,22H,7,16-21H2,1-6H3,(H,39,40). The Hall–Kier alpha value is -3.16. The van der Waals surface area contributed by atoms with Gasteiger partial charge in [-0.1, -0.05) is 56.6 Å². The lowest BCUT2D eigenvalue weighted by molar-refractivity contribution is -0.188. The summed E-state index contributed by atoms with van der Waals surface area (Å²) in [6.07, 6.45) is 4.48. The Morgan fingerprint density at radius 3 is 2.24 bits per heavy atom. The van der Waals surface area contributed by atoms with Gasteiger partial charge in [0.25, 0.3) is 0 Å². The van der Waals surface area contributed by atoms with Gasteiger partial charge in [0.2, 0.25) is 0 Å². The second-order valence-electron chi connectivity index (χ2n) is 12.8. The molecule has 1 unspecified atom stereocenters. The van der Waals surface area contributed by atoms with Crippen LogP contribution in [0.4, 0.5) is 10.1 Å². The van der Waals surface area contributed by atoms with Crippen molar-refractivity contribution in [1.29, 1.82) is 0 Å². The predicted octanol–water partition coefficient (Wildman–Crippen LogP) is 8.29. The van der Waals surface area contributed by atoms with Gasteiger partial charge in [-0.15, -0.1) is 0 Å². The van der Waals surface area contributed by atoms with Crippen LogP contribution in [0.1, 0.15) is 71.9 Å². The van der Waals surface area contributed by atoms with Crippen molar-refractivity contribution >= 4 is 23.3 Å². The molecule has 0 radical (unpaired) electrons. The molecule has 0 saturated carbocycles. The van der Waals surface area contributed by atoms with Crippen LogP contribution in [-0.4, -0.2) is 41.4 Å². The highest BCUT2D eigenvalue weighted by atomic mass is 35.5. The second kappa shape index (κ2) is 12.6. The number of aliphatic carboxylic acids is 1. The zero-order valence-corrected chi connectivity index (χ0v) is 26.2. The molecular weight excluding hydrogens is 555 g/mol. The fourth-order valence-electron chi connectivity index (χ4n) is 5.51. The van der Waals surface area contributed by atoms with Crippen LogP contribution in [0.15, 0.2) is 54.7 Å². The molecule has 1 aliphatic rings. The minimum Gasteiger partial charge on any atom is -0.493 e. The quantitative estimate of drug-likeness (QED) is 0.237.